The SMILES string of the molecule is CCC(c1nccc(=O)n1Cc1ccccc1)N(CCNC)Cc1ccc(Br)cc1. The summed E-state index contributed by atoms with van der Waals surface area (Å²) in [5.41, 5.74) is 2.32. The van der Waals surface area contributed by atoms with Gasteiger partial charge in [0.2, 0.25) is 0 Å². The molecule has 0 saturated carbocycles. The minimum Gasteiger partial charge on any atom is -0.318 e. The molecule has 0 aliphatic rings. The largest absolute Gasteiger partial charge is 0.318 e. The summed E-state index contributed by atoms with van der Waals surface area (Å²) in [6.07, 6.45) is 2.50. The molecule has 6 heteroatoms. The highest BCUT2D eigenvalue weighted by Gasteiger charge is 2.23. The Balaban J connectivity index is 1.95. The molecule has 0 saturated heterocycles. The summed E-state index contributed by atoms with van der Waals surface area (Å²) >= 11 is 3.51. The second kappa shape index (κ2) is 11.2. The first kappa shape index (κ1) is 22.4. The summed E-state index contributed by atoms with van der Waals surface area (Å²) in [5.74, 6) is 0.821. The number of benzene rings is 2. The van der Waals surface area contributed by atoms with Gasteiger partial charge in [0.25, 0.3) is 5.56 Å². The molecule has 0 spiro atoms. The standard InChI is InChI=1S/C24H29BrN4O/c1-3-22(28(16-15-26-2)17-20-9-11-21(25)12-10-20)24-27-14-13-23(30)29(24)18-19-7-5-4-6-8-19/h4-14,22,26H,3,15-18H2,1-2H3. The molecule has 30 heavy (non-hydrogen) atoms. The third-order valence-corrected chi connectivity index (χ3v) is 5.75. The maximum absolute atomic E-state index is 12.8. The van der Waals surface area contributed by atoms with Crippen LogP contribution in [0.2, 0.25) is 0 Å². The van der Waals surface area contributed by atoms with E-state index in [1.807, 2.05) is 41.9 Å². The monoisotopic (exact) mass is 468 g/mol. The van der Waals surface area contributed by atoms with Gasteiger partial charge >= 0.3 is 0 Å². The Kier molecular flexibility index (Phi) is 8.37. The van der Waals surface area contributed by atoms with Crippen LogP contribution in [-0.2, 0) is 13.1 Å². The van der Waals surface area contributed by atoms with E-state index < -0.39 is 0 Å². The fourth-order valence-corrected chi connectivity index (χ4v) is 3.93. The molecular weight excluding hydrogens is 440 g/mol. The van der Waals surface area contributed by atoms with Crippen LogP contribution in [0.15, 0.2) is 76.1 Å². The highest BCUT2D eigenvalue weighted by atomic mass is 79.9. The maximum atomic E-state index is 12.8. The van der Waals surface area contributed by atoms with E-state index in [0.717, 1.165) is 41.9 Å². The van der Waals surface area contributed by atoms with Gasteiger partial charge in [-0.25, -0.2) is 4.98 Å². The number of hydrogen-bond acceptors (Lipinski definition) is 4. The van der Waals surface area contributed by atoms with E-state index in [4.69, 9.17) is 0 Å². The van der Waals surface area contributed by atoms with Crippen molar-refractivity contribution >= 4 is 15.9 Å². The van der Waals surface area contributed by atoms with Crippen molar-refractivity contribution < 1.29 is 0 Å². The van der Waals surface area contributed by atoms with Crippen LogP contribution in [0.25, 0.3) is 0 Å². The average molecular weight is 469 g/mol. The van der Waals surface area contributed by atoms with Gasteiger partial charge in [0, 0.05) is 36.4 Å². The lowest BCUT2D eigenvalue weighted by molar-refractivity contribution is 0.172. The first-order chi connectivity index (χ1) is 14.6. The summed E-state index contributed by atoms with van der Waals surface area (Å²) in [4.78, 5) is 19.9. The van der Waals surface area contributed by atoms with Crippen LogP contribution in [0, 0.1) is 0 Å². The summed E-state index contributed by atoms with van der Waals surface area (Å²) in [6, 6.07) is 20.1. The zero-order valence-corrected chi connectivity index (χ0v) is 19.2. The topological polar surface area (TPSA) is 50.2 Å². The zero-order chi connectivity index (χ0) is 21.3. The van der Waals surface area contributed by atoms with E-state index >= 15 is 0 Å². The molecule has 1 heterocycles. The molecule has 3 rings (SSSR count). The second-order valence-electron chi connectivity index (χ2n) is 7.34. The molecule has 0 aliphatic carbocycles. The van der Waals surface area contributed by atoms with E-state index in [-0.39, 0.29) is 11.6 Å². The van der Waals surface area contributed by atoms with Gasteiger partial charge in [0.1, 0.15) is 5.82 Å². The fraction of sp³-hybridized carbons (Fsp3) is 0.333. The second-order valence-corrected chi connectivity index (χ2v) is 8.25. The lowest BCUT2D eigenvalue weighted by Gasteiger charge is -2.32. The predicted octanol–water partition coefficient (Wildman–Crippen LogP) is 4.23. The van der Waals surface area contributed by atoms with Crippen LogP contribution >= 0.6 is 15.9 Å². The Morgan fingerprint density at radius 3 is 2.47 bits per heavy atom. The third-order valence-electron chi connectivity index (χ3n) is 5.22. The Labute approximate surface area is 186 Å². The van der Waals surface area contributed by atoms with Crippen molar-refractivity contribution in [3.63, 3.8) is 0 Å². The lowest BCUT2D eigenvalue weighted by atomic mass is 10.1. The molecule has 0 fully saturated rings. The summed E-state index contributed by atoms with van der Waals surface area (Å²) in [5, 5.41) is 3.25. The molecule has 1 unspecified atom stereocenters. The minimum atomic E-state index is -0.0143. The van der Waals surface area contributed by atoms with Gasteiger partial charge in [-0.2, -0.15) is 0 Å². The quantitative estimate of drug-likeness (QED) is 0.483. The number of nitrogens with zero attached hydrogens (tertiary/aromatic N) is 3. The van der Waals surface area contributed by atoms with Gasteiger partial charge in [0.15, 0.2) is 0 Å². The normalized spacial score (nSPS) is 12.3. The van der Waals surface area contributed by atoms with Crippen LogP contribution in [0.1, 0.15) is 36.3 Å². The number of hydrogen-bond donors (Lipinski definition) is 1. The molecule has 1 aromatic heterocycles. The molecule has 0 bridgehead atoms. The number of rotatable bonds is 10. The van der Waals surface area contributed by atoms with Crippen LogP contribution in [0.4, 0.5) is 0 Å². The molecule has 0 radical (unpaired) electrons. The third kappa shape index (κ3) is 5.88. The van der Waals surface area contributed by atoms with Crippen molar-refractivity contribution in [3.05, 3.63) is 98.6 Å². The highest BCUT2D eigenvalue weighted by molar-refractivity contribution is 9.10. The number of nitrogens with one attached hydrogen (secondary N) is 1. The van der Waals surface area contributed by atoms with E-state index in [9.17, 15) is 4.79 Å². The average Bonchev–Trinajstić information content (AvgIpc) is 2.76. The molecule has 158 valence electrons. The molecule has 1 atom stereocenters. The smallest absolute Gasteiger partial charge is 0.253 e. The summed E-state index contributed by atoms with van der Waals surface area (Å²) in [6.45, 7) is 5.20. The van der Waals surface area contributed by atoms with Gasteiger partial charge in [-0.05, 0) is 36.7 Å². The molecular formula is C24H29BrN4O. The molecule has 3 aromatic rings. The first-order valence-electron chi connectivity index (χ1n) is 10.3. The predicted molar refractivity (Wildman–Crippen MR) is 126 cm³/mol. The fourth-order valence-electron chi connectivity index (χ4n) is 3.67. The first-order valence-corrected chi connectivity index (χ1v) is 11.1. The molecule has 5 nitrogen and oxygen atoms in total. The number of likely N-dealkylation sites (N-methyl/N-ethyl adjacent to an activating group) is 1. The zero-order valence-electron chi connectivity index (χ0n) is 17.6. The van der Waals surface area contributed by atoms with Gasteiger partial charge in [-0.1, -0.05) is 65.3 Å². The van der Waals surface area contributed by atoms with Crippen LogP contribution in [-0.4, -0.2) is 34.6 Å². The molecule has 2 aromatic carbocycles. The van der Waals surface area contributed by atoms with Crippen LogP contribution in [0.3, 0.4) is 0 Å². The van der Waals surface area contributed by atoms with Crippen molar-refractivity contribution in [1.82, 2.24) is 19.8 Å². The van der Waals surface area contributed by atoms with Gasteiger partial charge in [-0.15, -0.1) is 0 Å². The van der Waals surface area contributed by atoms with Crippen molar-refractivity contribution in [2.24, 2.45) is 0 Å². The summed E-state index contributed by atoms with van der Waals surface area (Å²) < 4.78 is 2.89. The minimum absolute atomic E-state index is 0.0143. The van der Waals surface area contributed by atoms with Crippen molar-refractivity contribution in [2.45, 2.75) is 32.5 Å². The van der Waals surface area contributed by atoms with Gasteiger partial charge in [0.05, 0.1) is 12.6 Å². The lowest BCUT2D eigenvalue weighted by Crippen LogP contribution is -2.37. The van der Waals surface area contributed by atoms with E-state index in [1.54, 1.807) is 12.3 Å². The Morgan fingerprint density at radius 1 is 1.07 bits per heavy atom. The van der Waals surface area contributed by atoms with Crippen molar-refractivity contribution in [3.8, 4) is 0 Å². The van der Waals surface area contributed by atoms with Gasteiger partial charge < -0.3 is 5.32 Å². The Morgan fingerprint density at radius 2 is 1.80 bits per heavy atom. The molecule has 0 amide bonds. The highest BCUT2D eigenvalue weighted by Crippen LogP contribution is 2.25. The number of aromatic nitrogens is 2. The van der Waals surface area contributed by atoms with E-state index in [0.29, 0.717) is 6.54 Å². The van der Waals surface area contributed by atoms with E-state index in [1.165, 1.54) is 5.56 Å². The Hall–Kier alpha value is -2.28. The summed E-state index contributed by atoms with van der Waals surface area (Å²) in [7, 11) is 1.96. The molecule has 0 aliphatic heterocycles. The van der Waals surface area contributed by atoms with Crippen LogP contribution < -0.4 is 10.9 Å². The van der Waals surface area contributed by atoms with Crippen molar-refractivity contribution in [1.29, 1.82) is 0 Å². The maximum Gasteiger partial charge on any atom is 0.253 e. The number of halogens is 1. The van der Waals surface area contributed by atoms with Gasteiger partial charge in [-0.3, -0.25) is 14.3 Å². The Bertz CT molecular complexity index is 973. The van der Waals surface area contributed by atoms with Crippen LogP contribution in [0.5, 0.6) is 0 Å². The van der Waals surface area contributed by atoms with E-state index in [2.05, 4.69) is 62.3 Å². The van der Waals surface area contributed by atoms with Crippen molar-refractivity contribution in [2.75, 3.05) is 20.1 Å². The molecule has 1 N–H and O–H groups in total.